The number of carbonyl (C=O) groups excluding carboxylic acids is 1. The van der Waals surface area contributed by atoms with E-state index in [1.807, 2.05) is 0 Å². The third-order valence-electron chi connectivity index (χ3n) is 3.36. The normalized spacial score (nSPS) is 11.8. The van der Waals surface area contributed by atoms with Gasteiger partial charge in [0, 0.05) is 11.6 Å². The number of halogens is 2. The molecule has 2 aromatic rings. The predicted octanol–water partition coefficient (Wildman–Crippen LogP) is 3.29. The van der Waals surface area contributed by atoms with E-state index in [0.29, 0.717) is 5.56 Å². The average molecular weight is 320 g/mol. The number of hydrogen-bond donors (Lipinski definition) is 1. The molecule has 2 aromatic carbocycles. The molecule has 0 radical (unpaired) electrons. The van der Waals surface area contributed by atoms with Crippen molar-refractivity contribution in [2.24, 2.45) is 0 Å². The highest BCUT2D eigenvalue weighted by molar-refractivity contribution is 5.80. The second-order valence-electron chi connectivity index (χ2n) is 5.03. The molecule has 5 nitrogen and oxygen atoms in total. The fourth-order valence-corrected chi connectivity index (χ4v) is 2.17. The molecule has 1 amide bonds. The van der Waals surface area contributed by atoms with Crippen LogP contribution in [0, 0.1) is 21.7 Å². The van der Waals surface area contributed by atoms with Crippen molar-refractivity contribution in [3.63, 3.8) is 0 Å². The summed E-state index contributed by atoms with van der Waals surface area (Å²) in [6.07, 6.45) is -0.175. The Balaban J connectivity index is 2.07. The molecule has 0 fully saturated rings. The van der Waals surface area contributed by atoms with Crippen LogP contribution in [-0.2, 0) is 11.2 Å². The van der Waals surface area contributed by atoms with Crippen molar-refractivity contribution in [2.45, 2.75) is 19.4 Å². The van der Waals surface area contributed by atoms with Crippen LogP contribution in [0.3, 0.4) is 0 Å². The van der Waals surface area contributed by atoms with Crippen LogP contribution in [0.5, 0.6) is 0 Å². The minimum atomic E-state index is -0.998. The first-order valence-electron chi connectivity index (χ1n) is 6.85. The van der Waals surface area contributed by atoms with E-state index in [2.05, 4.69) is 5.32 Å². The van der Waals surface area contributed by atoms with Crippen LogP contribution in [-0.4, -0.2) is 10.8 Å². The first-order valence-corrected chi connectivity index (χ1v) is 6.85. The molecule has 0 spiro atoms. The summed E-state index contributed by atoms with van der Waals surface area (Å²) in [5.74, 6) is -2.41. The third-order valence-corrected chi connectivity index (χ3v) is 3.36. The number of para-hydroxylation sites is 1. The summed E-state index contributed by atoms with van der Waals surface area (Å²) in [5.41, 5.74) is 0.551. The summed E-state index contributed by atoms with van der Waals surface area (Å²) < 4.78 is 26.1. The first kappa shape index (κ1) is 16.5. The van der Waals surface area contributed by atoms with Crippen LogP contribution < -0.4 is 5.32 Å². The molecule has 0 aromatic heterocycles. The SMILES string of the molecule is C[C@H](NC(=O)Cc1ccccc1[N+](=O)[O-])c1ccc(F)c(F)c1. The van der Waals surface area contributed by atoms with Crippen molar-refractivity contribution in [3.8, 4) is 0 Å². The maximum atomic E-state index is 13.2. The van der Waals surface area contributed by atoms with E-state index >= 15 is 0 Å². The molecular formula is C16H14F2N2O3. The third kappa shape index (κ3) is 4.09. The Morgan fingerprint density at radius 1 is 1.22 bits per heavy atom. The molecule has 0 unspecified atom stereocenters. The molecule has 23 heavy (non-hydrogen) atoms. The molecule has 7 heteroatoms. The lowest BCUT2D eigenvalue weighted by atomic mass is 10.1. The highest BCUT2D eigenvalue weighted by Gasteiger charge is 2.17. The van der Waals surface area contributed by atoms with E-state index in [-0.39, 0.29) is 17.7 Å². The number of amides is 1. The zero-order chi connectivity index (χ0) is 17.0. The highest BCUT2D eigenvalue weighted by Crippen LogP contribution is 2.19. The Morgan fingerprint density at radius 3 is 2.57 bits per heavy atom. The molecule has 0 heterocycles. The summed E-state index contributed by atoms with van der Waals surface area (Å²) in [6, 6.07) is 8.74. The number of nitrogens with one attached hydrogen (secondary N) is 1. The zero-order valence-electron chi connectivity index (χ0n) is 12.3. The van der Waals surface area contributed by atoms with Gasteiger partial charge in [-0.25, -0.2) is 8.78 Å². The smallest absolute Gasteiger partial charge is 0.273 e. The van der Waals surface area contributed by atoms with Gasteiger partial charge in [-0.15, -0.1) is 0 Å². The van der Waals surface area contributed by atoms with Gasteiger partial charge in [0.2, 0.25) is 5.91 Å². The Bertz CT molecular complexity index is 750. The predicted molar refractivity (Wildman–Crippen MR) is 79.7 cm³/mol. The van der Waals surface area contributed by atoms with Crippen LogP contribution in [0.25, 0.3) is 0 Å². The minimum Gasteiger partial charge on any atom is -0.349 e. The Morgan fingerprint density at radius 2 is 1.91 bits per heavy atom. The number of benzene rings is 2. The van der Waals surface area contributed by atoms with Gasteiger partial charge < -0.3 is 5.32 Å². The lowest BCUT2D eigenvalue weighted by Crippen LogP contribution is -2.28. The zero-order valence-corrected chi connectivity index (χ0v) is 12.3. The van der Waals surface area contributed by atoms with Gasteiger partial charge in [0.25, 0.3) is 5.69 Å². The number of nitro groups is 1. The maximum absolute atomic E-state index is 13.2. The Labute approximate surface area is 131 Å². The summed E-state index contributed by atoms with van der Waals surface area (Å²) in [5, 5.41) is 13.5. The van der Waals surface area contributed by atoms with Crippen LogP contribution >= 0.6 is 0 Å². The van der Waals surface area contributed by atoms with Gasteiger partial charge >= 0.3 is 0 Å². The number of nitrogens with zero attached hydrogens (tertiary/aromatic N) is 1. The summed E-state index contributed by atoms with van der Waals surface area (Å²) in [4.78, 5) is 22.4. The summed E-state index contributed by atoms with van der Waals surface area (Å²) in [7, 11) is 0. The Hall–Kier alpha value is -2.83. The van der Waals surface area contributed by atoms with Crippen molar-refractivity contribution in [2.75, 3.05) is 0 Å². The van der Waals surface area contributed by atoms with Gasteiger partial charge in [0.05, 0.1) is 17.4 Å². The lowest BCUT2D eigenvalue weighted by Gasteiger charge is -2.14. The fraction of sp³-hybridized carbons (Fsp3) is 0.188. The summed E-state index contributed by atoms with van der Waals surface area (Å²) in [6.45, 7) is 1.62. The monoisotopic (exact) mass is 320 g/mol. The second kappa shape index (κ2) is 6.95. The first-order chi connectivity index (χ1) is 10.9. The molecule has 0 saturated carbocycles. The molecule has 1 atom stereocenters. The second-order valence-corrected chi connectivity index (χ2v) is 5.03. The van der Waals surface area contributed by atoms with Crippen molar-refractivity contribution in [1.82, 2.24) is 5.32 Å². The van der Waals surface area contributed by atoms with Gasteiger partial charge in [-0.3, -0.25) is 14.9 Å². The number of hydrogen-bond acceptors (Lipinski definition) is 3. The van der Waals surface area contributed by atoms with Gasteiger partial charge in [-0.1, -0.05) is 24.3 Å². The van der Waals surface area contributed by atoms with Gasteiger partial charge in [-0.2, -0.15) is 0 Å². The summed E-state index contributed by atoms with van der Waals surface area (Å²) >= 11 is 0. The van der Waals surface area contributed by atoms with Crippen molar-refractivity contribution in [3.05, 3.63) is 75.3 Å². The largest absolute Gasteiger partial charge is 0.349 e. The lowest BCUT2D eigenvalue weighted by molar-refractivity contribution is -0.385. The van der Waals surface area contributed by atoms with E-state index in [9.17, 15) is 23.7 Å². The molecule has 2 rings (SSSR count). The fourth-order valence-electron chi connectivity index (χ4n) is 2.17. The van der Waals surface area contributed by atoms with E-state index in [4.69, 9.17) is 0 Å². The van der Waals surface area contributed by atoms with Crippen LogP contribution in [0.15, 0.2) is 42.5 Å². The Kier molecular flexibility index (Phi) is 5.00. The van der Waals surface area contributed by atoms with E-state index in [1.165, 1.54) is 24.3 Å². The van der Waals surface area contributed by atoms with Crippen LogP contribution in [0.2, 0.25) is 0 Å². The topological polar surface area (TPSA) is 72.2 Å². The maximum Gasteiger partial charge on any atom is 0.273 e. The van der Waals surface area contributed by atoms with Gasteiger partial charge in [0.15, 0.2) is 11.6 Å². The van der Waals surface area contributed by atoms with Crippen molar-refractivity contribution in [1.29, 1.82) is 0 Å². The number of nitro benzene ring substituents is 1. The molecule has 120 valence electrons. The van der Waals surface area contributed by atoms with Crippen molar-refractivity contribution < 1.29 is 18.5 Å². The average Bonchev–Trinajstić information content (AvgIpc) is 2.50. The quantitative estimate of drug-likeness (QED) is 0.678. The molecule has 1 N–H and O–H groups in total. The van der Waals surface area contributed by atoms with Gasteiger partial charge in [0.1, 0.15) is 0 Å². The van der Waals surface area contributed by atoms with E-state index in [1.54, 1.807) is 13.0 Å². The minimum absolute atomic E-state index is 0.136. The van der Waals surface area contributed by atoms with Crippen molar-refractivity contribution >= 4 is 11.6 Å². The van der Waals surface area contributed by atoms with Crippen LogP contribution in [0.1, 0.15) is 24.1 Å². The highest BCUT2D eigenvalue weighted by atomic mass is 19.2. The molecule has 0 saturated heterocycles. The number of rotatable bonds is 5. The molecule has 0 aliphatic rings. The molecule has 0 bridgehead atoms. The van der Waals surface area contributed by atoms with Crippen LogP contribution in [0.4, 0.5) is 14.5 Å². The molecule has 0 aliphatic carbocycles. The van der Waals surface area contributed by atoms with E-state index in [0.717, 1.165) is 12.1 Å². The molecule has 0 aliphatic heterocycles. The number of carbonyl (C=O) groups is 1. The van der Waals surface area contributed by atoms with Gasteiger partial charge in [-0.05, 0) is 24.6 Å². The standard InChI is InChI=1S/C16H14F2N2O3/c1-10(11-6-7-13(17)14(18)8-11)19-16(21)9-12-4-2-3-5-15(12)20(22)23/h2-8,10H,9H2,1H3,(H,19,21)/t10-/m0/s1. The molecular weight excluding hydrogens is 306 g/mol. The van der Waals surface area contributed by atoms with E-state index < -0.39 is 28.5 Å².